The Balaban J connectivity index is 1.73. The molecule has 0 saturated carbocycles. The number of benzene rings is 3. The molecule has 0 unspecified atom stereocenters. The van der Waals surface area contributed by atoms with E-state index in [9.17, 15) is 4.79 Å². The van der Waals surface area contributed by atoms with E-state index in [2.05, 4.69) is 52.8 Å². The second kappa shape index (κ2) is 9.42. The zero-order valence-electron chi connectivity index (χ0n) is 17.0. The number of aromatic amines is 1. The summed E-state index contributed by atoms with van der Waals surface area (Å²) in [6.07, 6.45) is 2.94. The highest BCUT2D eigenvalue weighted by Gasteiger charge is 2.19. The molecule has 0 aliphatic carbocycles. The molecule has 3 aromatic carbocycles. The van der Waals surface area contributed by atoms with Crippen molar-refractivity contribution in [3.05, 3.63) is 84.6 Å². The minimum absolute atomic E-state index is 0.0703. The van der Waals surface area contributed by atoms with Gasteiger partial charge in [0.25, 0.3) is 5.91 Å². The number of fused-ring (bicyclic) bond motifs is 1. The fraction of sp³-hybridized carbons (Fsp3) is 0.192. The number of hydrogen-bond donors (Lipinski definition) is 3. The van der Waals surface area contributed by atoms with Crippen molar-refractivity contribution in [1.82, 2.24) is 10.3 Å². The number of carbonyl (C=O) groups is 1. The molecule has 0 saturated heterocycles. The summed E-state index contributed by atoms with van der Waals surface area (Å²) in [6, 6.07) is 26.7. The summed E-state index contributed by atoms with van der Waals surface area (Å²) < 4.78 is 0. The van der Waals surface area contributed by atoms with Crippen LogP contribution in [0.3, 0.4) is 0 Å². The predicted molar refractivity (Wildman–Crippen MR) is 124 cm³/mol. The highest BCUT2D eigenvalue weighted by Crippen LogP contribution is 2.35. The molecule has 30 heavy (non-hydrogen) atoms. The minimum atomic E-state index is -0.0703. The first-order valence-electron chi connectivity index (χ1n) is 10.5. The number of unbranched alkanes of at least 4 members (excludes halogenated alkanes) is 2. The van der Waals surface area contributed by atoms with Crippen molar-refractivity contribution in [3.8, 4) is 22.3 Å². The van der Waals surface area contributed by atoms with E-state index in [0.717, 1.165) is 52.4 Å². The molecular formula is C26H27N3O. The van der Waals surface area contributed by atoms with E-state index in [-0.39, 0.29) is 5.91 Å². The van der Waals surface area contributed by atoms with Gasteiger partial charge in [0, 0.05) is 23.0 Å². The fourth-order valence-corrected chi connectivity index (χ4v) is 3.81. The lowest BCUT2D eigenvalue weighted by Gasteiger charge is -2.08. The van der Waals surface area contributed by atoms with E-state index in [1.807, 2.05) is 36.4 Å². The van der Waals surface area contributed by atoms with Crippen LogP contribution in [-0.2, 0) is 0 Å². The molecule has 1 amide bonds. The van der Waals surface area contributed by atoms with E-state index in [1.165, 1.54) is 0 Å². The zero-order chi connectivity index (χ0) is 20.8. The first kappa shape index (κ1) is 19.9. The van der Waals surface area contributed by atoms with Gasteiger partial charge in [-0.3, -0.25) is 4.79 Å². The first-order valence-corrected chi connectivity index (χ1v) is 10.5. The van der Waals surface area contributed by atoms with Crippen LogP contribution in [-0.4, -0.2) is 24.0 Å². The molecule has 0 aliphatic heterocycles. The number of nitrogens with two attached hydrogens (primary N) is 1. The van der Waals surface area contributed by atoms with Crippen molar-refractivity contribution < 1.29 is 4.79 Å². The molecular weight excluding hydrogens is 370 g/mol. The summed E-state index contributed by atoms with van der Waals surface area (Å²) >= 11 is 0. The largest absolute Gasteiger partial charge is 0.351 e. The lowest BCUT2D eigenvalue weighted by atomic mass is 9.98. The number of amides is 1. The molecule has 0 atom stereocenters. The van der Waals surface area contributed by atoms with Crippen molar-refractivity contribution in [3.63, 3.8) is 0 Å². The van der Waals surface area contributed by atoms with E-state index in [1.54, 1.807) is 0 Å². The van der Waals surface area contributed by atoms with Crippen LogP contribution >= 0.6 is 0 Å². The quantitative estimate of drug-likeness (QED) is 0.350. The Bertz CT molecular complexity index is 1120. The summed E-state index contributed by atoms with van der Waals surface area (Å²) in [4.78, 5) is 16.4. The highest BCUT2D eigenvalue weighted by molar-refractivity contribution is 6.10. The Labute approximate surface area is 177 Å². The summed E-state index contributed by atoms with van der Waals surface area (Å²) in [6.45, 7) is 1.34. The van der Waals surface area contributed by atoms with Crippen LogP contribution in [0.2, 0.25) is 0 Å². The van der Waals surface area contributed by atoms with Gasteiger partial charge in [0.15, 0.2) is 0 Å². The maximum atomic E-state index is 13.0. The van der Waals surface area contributed by atoms with Crippen LogP contribution in [0, 0.1) is 0 Å². The van der Waals surface area contributed by atoms with Gasteiger partial charge >= 0.3 is 0 Å². The van der Waals surface area contributed by atoms with Gasteiger partial charge < -0.3 is 16.0 Å². The van der Waals surface area contributed by atoms with Crippen molar-refractivity contribution in [2.75, 3.05) is 13.1 Å². The molecule has 4 heteroatoms. The van der Waals surface area contributed by atoms with Crippen LogP contribution in [0.15, 0.2) is 78.9 Å². The lowest BCUT2D eigenvalue weighted by molar-refractivity contribution is 0.0949. The third-order valence-corrected chi connectivity index (χ3v) is 5.36. The van der Waals surface area contributed by atoms with Gasteiger partial charge in [-0.15, -0.1) is 0 Å². The summed E-state index contributed by atoms with van der Waals surface area (Å²) in [7, 11) is 0. The van der Waals surface area contributed by atoms with Crippen molar-refractivity contribution in [1.29, 1.82) is 0 Å². The lowest BCUT2D eigenvalue weighted by Crippen LogP contribution is -2.25. The Kier molecular flexibility index (Phi) is 6.26. The Morgan fingerprint density at radius 1 is 0.800 bits per heavy atom. The fourth-order valence-electron chi connectivity index (χ4n) is 3.81. The first-order chi connectivity index (χ1) is 14.8. The zero-order valence-corrected chi connectivity index (χ0v) is 17.0. The van der Waals surface area contributed by atoms with E-state index >= 15 is 0 Å². The maximum Gasteiger partial charge on any atom is 0.268 e. The minimum Gasteiger partial charge on any atom is -0.351 e. The van der Waals surface area contributed by atoms with Gasteiger partial charge in [0.05, 0.1) is 0 Å². The number of nitrogens with one attached hydrogen (secondary N) is 2. The normalized spacial score (nSPS) is 11.0. The smallest absolute Gasteiger partial charge is 0.268 e. The van der Waals surface area contributed by atoms with Gasteiger partial charge in [-0.2, -0.15) is 0 Å². The van der Waals surface area contributed by atoms with E-state index in [0.29, 0.717) is 18.8 Å². The van der Waals surface area contributed by atoms with Crippen LogP contribution in [0.4, 0.5) is 0 Å². The molecule has 0 radical (unpaired) electrons. The van der Waals surface area contributed by atoms with Crippen molar-refractivity contribution in [2.45, 2.75) is 19.3 Å². The molecule has 0 bridgehead atoms. The number of rotatable bonds is 8. The SMILES string of the molecule is NCCCCCNC(=O)c1[nH]c2ccc(-c3ccccc3)cc2c1-c1ccccc1. The summed E-state index contributed by atoms with van der Waals surface area (Å²) in [5.41, 5.74) is 11.4. The number of hydrogen-bond acceptors (Lipinski definition) is 2. The standard InChI is InChI=1S/C26H27N3O/c27-16-8-3-9-17-28-26(30)25-24(20-12-6-2-7-13-20)22-18-21(14-15-23(22)29-25)19-10-4-1-5-11-19/h1-2,4-7,10-15,18,29H,3,8-9,16-17,27H2,(H,28,30). The van der Waals surface area contributed by atoms with Gasteiger partial charge in [-0.25, -0.2) is 0 Å². The molecule has 1 heterocycles. The summed E-state index contributed by atoms with van der Waals surface area (Å²) in [5.74, 6) is -0.0703. The van der Waals surface area contributed by atoms with Crippen molar-refractivity contribution in [2.24, 2.45) is 5.73 Å². The maximum absolute atomic E-state index is 13.0. The molecule has 0 fully saturated rings. The third kappa shape index (κ3) is 4.29. The van der Waals surface area contributed by atoms with Gasteiger partial charge in [0.1, 0.15) is 5.69 Å². The highest BCUT2D eigenvalue weighted by atomic mass is 16.1. The Morgan fingerprint density at radius 3 is 2.20 bits per heavy atom. The van der Waals surface area contributed by atoms with E-state index in [4.69, 9.17) is 5.73 Å². The number of carbonyl (C=O) groups excluding carboxylic acids is 1. The molecule has 1 aromatic heterocycles. The van der Waals surface area contributed by atoms with Gasteiger partial charge in [-0.1, -0.05) is 73.2 Å². The van der Waals surface area contributed by atoms with Crippen LogP contribution in [0.1, 0.15) is 29.8 Å². The monoisotopic (exact) mass is 397 g/mol. The molecule has 4 nitrogen and oxygen atoms in total. The van der Waals surface area contributed by atoms with Crippen molar-refractivity contribution >= 4 is 16.8 Å². The number of H-pyrrole nitrogens is 1. The Morgan fingerprint density at radius 2 is 1.50 bits per heavy atom. The summed E-state index contributed by atoms with van der Waals surface area (Å²) in [5, 5.41) is 4.12. The van der Waals surface area contributed by atoms with Crippen LogP contribution < -0.4 is 11.1 Å². The third-order valence-electron chi connectivity index (χ3n) is 5.36. The second-order valence-electron chi connectivity index (χ2n) is 7.47. The van der Waals surface area contributed by atoms with Gasteiger partial charge in [0.2, 0.25) is 0 Å². The molecule has 4 aromatic rings. The van der Waals surface area contributed by atoms with Crippen LogP contribution in [0.25, 0.3) is 33.2 Å². The van der Waals surface area contributed by atoms with Crippen LogP contribution in [0.5, 0.6) is 0 Å². The van der Waals surface area contributed by atoms with Gasteiger partial charge in [-0.05, 0) is 48.2 Å². The Hall–Kier alpha value is -3.37. The topological polar surface area (TPSA) is 70.9 Å². The predicted octanol–water partition coefficient (Wildman–Crippen LogP) is 5.36. The average Bonchev–Trinajstić information content (AvgIpc) is 3.19. The molecule has 0 spiro atoms. The molecule has 0 aliphatic rings. The molecule has 152 valence electrons. The molecule has 4 rings (SSSR count). The average molecular weight is 398 g/mol. The number of aromatic nitrogens is 1. The van der Waals surface area contributed by atoms with E-state index < -0.39 is 0 Å². The molecule has 4 N–H and O–H groups in total. The second-order valence-corrected chi connectivity index (χ2v) is 7.47.